The first-order valence-electron chi connectivity index (χ1n) is 4.26. The first kappa shape index (κ1) is 8.94. The van der Waals surface area contributed by atoms with Crippen LogP contribution in [0, 0.1) is 0 Å². The lowest BCUT2D eigenvalue weighted by molar-refractivity contribution is 0.198. The van der Waals surface area contributed by atoms with Gasteiger partial charge < -0.3 is 5.11 Å². The van der Waals surface area contributed by atoms with E-state index in [1.54, 1.807) is 0 Å². The smallest absolute Gasteiger partial charge is 0.129 e. The number of nitrogens with zero attached hydrogens (tertiary/aromatic N) is 2. The number of fused-ring (bicyclic) bond motifs is 1. The molecule has 13 heavy (non-hydrogen) atoms. The normalized spacial score (nSPS) is 16.2. The van der Waals surface area contributed by atoms with Gasteiger partial charge in [-0.3, -0.25) is 4.90 Å². The second-order valence-electron chi connectivity index (χ2n) is 3.21. The molecule has 0 spiro atoms. The SMILES string of the molecule is OCCN1Cc2cnc(Cl)cc2C1. The molecule has 0 atom stereocenters. The first-order chi connectivity index (χ1) is 6.29. The quantitative estimate of drug-likeness (QED) is 0.722. The molecule has 0 aliphatic carbocycles. The van der Waals surface area contributed by atoms with Gasteiger partial charge in [-0.05, 0) is 17.2 Å². The maximum Gasteiger partial charge on any atom is 0.129 e. The van der Waals surface area contributed by atoms with Gasteiger partial charge in [0, 0.05) is 25.8 Å². The van der Waals surface area contributed by atoms with Crippen molar-refractivity contribution in [1.29, 1.82) is 0 Å². The second kappa shape index (κ2) is 3.62. The van der Waals surface area contributed by atoms with Crippen LogP contribution in [0.5, 0.6) is 0 Å². The molecule has 4 heteroatoms. The van der Waals surface area contributed by atoms with E-state index in [2.05, 4.69) is 9.88 Å². The van der Waals surface area contributed by atoms with E-state index in [1.165, 1.54) is 11.1 Å². The van der Waals surface area contributed by atoms with E-state index < -0.39 is 0 Å². The van der Waals surface area contributed by atoms with E-state index in [0.29, 0.717) is 11.7 Å². The van der Waals surface area contributed by atoms with Crippen molar-refractivity contribution in [2.45, 2.75) is 13.1 Å². The van der Waals surface area contributed by atoms with Gasteiger partial charge in [0.15, 0.2) is 0 Å². The van der Waals surface area contributed by atoms with Crippen LogP contribution in [0.2, 0.25) is 5.15 Å². The van der Waals surface area contributed by atoms with Crippen molar-refractivity contribution in [3.8, 4) is 0 Å². The fraction of sp³-hybridized carbons (Fsp3) is 0.444. The van der Waals surface area contributed by atoms with Crippen molar-refractivity contribution in [3.05, 3.63) is 28.5 Å². The van der Waals surface area contributed by atoms with Gasteiger partial charge in [-0.2, -0.15) is 0 Å². The van der Waals surface area contributed by atoms with E-state index in [9.17, 15) is 0 Å². The molecule has 0 radical (unpaired) electrons. The zero-order valence-corrected chi connectivity index (χ0v) is 7.96. The number of aliphatic hydroxyl groups excluding tert-OH is 1. The Morgan fingerprint density at radius 1 is 1.46 bits per heavy atom. The third kappa shape index (κ3) is 1.82. The molecule has 3 nitrogen and oxygen atoms in total. The number of aliphatic hydroxyl groups is 1. The zero-order valence-electron chi connectivity index (χ0n) is 7.20. The molecule has 0 saturated heterocycles. The molecule has 0 saturated carbocycles. The summed E-state index contributed by atoms with van der Waals surface area (Å²) in [5, 5.41) is 9.32. The molecule has 0 bridgehead atoms. The minimum atomic E-state index is 0.204. The molecule has 1 aromatic heterocycles. The third-order valence-corrected chi connectivity index (χ3v) is 2.46. The highest BCUT2D eigenvalue weighted by Crippen LogP contribution is 2.23. The van der Waals surface area contributed by atoms with Gasteiger partial charge in [0.05, 0.1) is 6.61 Å². The van der Waals surface area contributed by atoms with Crippen LogP contribution in [0.3, 0.4) is 0 Å². The van der Waals surface area contributed by atoms with Gasteiger partial charge >= 0.3 is 0 Å². The van der Waals surface area contributed by atoms with E-state index in [-0.39, 0.29) is 6.61 Å². The molecule has 0 aromatic carbocycles. The lowest BCUT2D eigenvalue weighted by Crippen LogP contribution is -2.20. The first-order valence-corrected chi connectivity index (χ1v) is 4.64. The molecule has 2 heterocycles. The van der Waals surface area contributed by atoms with Crippen molar-refractivity contribution < 1.29 is 5.11 Å². The van der Waals surface area contributed by atoms with Gasteiger partial charge in [-0.1, -0.05) is 11.6 Å². The number of rotatable bonds is 2. The van der Waals surface area contributed by atoms with E-state index in [1.807, 2.05) is 12.3 Å². The molecule has 0 amide bonds. The Balaban J connectivity index is 2.16. The van der Waals surface area contributed by atoms with E-state index in [0.717, 1.165) is 13.1 Å². The molecule has 2 rings (SSSR count). The van der Waals surface area contributed by atoms with Crippen molar-refractivity contribution in [2.75, 3.05) is 13.2 Å². The Bertz CT molecular complexity index is 316. The van der Waals surface area contributed by atoms with Crippen LogP contribution in [0.1, 0.15) is 11.1 Å². The molecule has 1 aromatic rings. The van der Waals surface area contributed by atoms with Gasteiger partial charge in [0.25, 0.3) is 0 Å². The van der Waals surface area contributed by atoms with Crippen molar-refractivity contribution >= 4 is 11.6 Å². The largest absolute Gasteiger partial charge is 0.395 e. The molecule has 0 fully saturated rings. The van der Waals surface area contributed by atoms with Crippen LogP contribution >= 0.6 is 11.6 Å². The van der Waals surface area contributed by atoms with E-state index >= 15 is 0 Å². The Hall–Kier alpha value is -0.640. The van der Waals surface area contributed by atoms with Gasteiger partial charge in [0.1, 0.15) is 5.15 Å². The number of hydrogen-bond donors (Lipinski definition) is 1. The lowest BCUT2D eigenvalue weighted by atomic mass is 10.2. The van der Waals surface area contributed by atoms with Crippen molar-refractivity contribution in [3.63, 3.8) is 0 Å². The molecule has 1 aliphatic heterocycles. The van der Waals surface area contributed by atoms with Crippen molar-refractivity contribution in [2.24, 2.45) is 0 Å². The number of halogens is 1. The minimum absolute atomic E-state index is 0.204. The Morgan fingerprint density at radius 3 is 3.00 bits per heavy atom. The highest BCUT2D eigenvalue weighted by atomic mass is 35.5. The molecule has 0 unspecified atom stereocenters. The maximum atomic E-state index is 8.78. The van der Waals surface area contributed by atoms with Crippen molar-refractivity contribution in [1.82, 2.24) is 9.88 Å². The van der Waals surface area contributed by atoms with Gasteiger partial charge in [-0.25, -0.2) is 4.98 Å². The van der Waals surface area contributed by atoms with Gasteiger partial charge in [0.2, 0.25) is 0 Å². The Kier molecular flexibility index (Phi) is 2.49. The summed E-state index contributed by atoms with van der Waals surface area (Å²) in [6, 6.07) is 1.90. The van der Waals surface area contributed by atoms with Crippen LogP contribution in [-0.4, -0.2) is 28.1 Å². The summed E-state index contributed by atoms with van der Waals surface area (Å²) in [7, 11) is 0. The Labute approximate surface area is 82.0 Å². The molecular formula is C9H11ClN2O. The average molecular weight is 199 g/mol. The lowest BCUT2D eigenvalue weighted by Gasteiger charge is -2.11. The standard InChI is InChI=1S/C9H11ClN2O/c10-9-3-7-5-12(1-2-13)6-8(7)4-11-9/h3-4,13H,1-2,5-6H2. The van der Waals surface area contributed by atoms with Gasteiger partial charge in [-0.15, -0.1) is 0 Å². The fourth-order valence-electron chi connectivity index (χ4n) is 1.62. The number of hydrogen-bond acceptors (Lipinski definition) is 3. The number of β-amino-alcohol motifs (C(OH)–C–C–N with tert-alkyl or cyclic N) is 1. The molecule has 1 aliphatic rings. The summed E-state index contributed by atoms with van der Waals surface area (Å²) in [4.78, 5) is 6.19. The average Bonchev–Trinajstić information content (AvgIpc) is 2.46. The minimum Gasteiger partial charge on any atom is -0.395 e. The maximum absolute atomic E-state index is 8.78. The molecule has 70 valence electrons. The van der Waals surface area contributed by atoms with Crippen LogP contribution < -0.4 is 0 Å². The summed E-state index contributed by atoms with van der Waals surface area (Å²) in [6.45, 7) is 2.67. The summed E-state index contributed by atoms with van der Waals surface area (Å²) in [5.74, 6) is 0. The summed E-state index contributed by atoms with van der Waals surface area (Å²) < 4.78 is 0. The Morgan fingerprint density at radius 2 is 2.23 bits per heavy atom. The molecule has 1 N–H and O–H groups in total. The summed E-state index contributed by atoms with van der Waals surface area (Å²) in [5.41, 5.74) is 2.45. The predicted molar refractivity (Wildman–Crippen MR) is 50.4 cm³/mol. The zero-order chi connectivity index (χ0) is 9.26. The van der Waals surface area contributed by atoms with Crippen LogP contribution in [0.25, 0.3) is 0 Å². The number of aromatic nitrogens is 1. The third-order valence-electron chi connectivity index (χ3n) is 2.25. The monoisotopic (exact) mass is 198 g/mol. The predicted octanol–water partition coefficient (Wildman–Crippen LogP) is 1.04. The summed E-state index contributed by atoms with van der Waals surface area (Å²) in [6.07, 6.45) is 1.81. The highest BCUT2D eigenvalue weighted by Gasteiger charge is 2.18. The molecular weight excluding hydrogens is 188 g/mol. The van der Waals surface area contributed by atoms with Crippen LogP contribution in [0.4, 0.5) is 0 Å². The second-order valence-corrected chi connectivity index (χ2v) is 3.60. The number of pyridine rings is 1. The summed E-state index contributed by atoms with van der Waals surface area (Å²) >= 11 is 5.77. The highest BCUT2D eigenvalue weighted by molar-refractivity contribution is 6.29. The van der Waals surface area contributed by atoms with Crippen LogP contribution in [-0.2, 0) is 13.1 Å². The van der Waals surface area contributed by atoms with Crippen LogP contribution in [0.15, 0.2) is 12.3 Å². The fourth-order valence-corrected chi connectivity index (χ4v) is 1.80. The topological polar surface area (TPSA) is 36.4 Å². The van der Waals surface area contributed by atoms with E-state index in [4.69, 9.17) is 16.7 Å².